The molecule has 3 aromatic rings. The van der Waals surface area contributed by atoms with Gasteiger partial charge in [0.1, 0.15) is 0 Å². The number of thiocarbonyl (C=S) groups is 1. The number of non-ortho nitro benzene ring substituents is 1. The summed E-state index contributed by atoms with van der Waals surface area (Å²) in [5, 5.41) is 23.6. The molecule has 3 rings (SSSR count). The Labute approximate surface area is 205 Å². The normalized spacial score (nSPS) is 12.0. The zero-order valence-corrected chi connectivity index (χ0v) is 18.9. The summed E-state index contributed by atoms with van der Waals surface area (Å²) in [6.45, 7) is 1.71. The third kappa shape index (κ3) is 6.97. The number of halogens is 6. The van der Waals surface area contributed by atoms with Gasteiger partial charge in [0.25, 0.3) is 5.69 Å². The summed E-state index contributed by atoms with van der Waals surface area (Å²) in [4.78, 5) is 10.3. The number of nitrogens with zero attached hydrogens (tertiary/aromatic N) is 3. The van der Waals surface area contributed by atoms with E-state index in [0.29, 0.717) is 29.1 Å². The smallest absolute Gasteiger partial charge is 0.332 e. The molecule has 0 bridgehead atoms. The maximum Gasteiger partial charge on any atom is 0.416 e. The van der Waals surface area contributed by atoms with E-state index in [-0.39, 0.29) is 22.6 Å². The predicted molar refractivity (Wildman–Crippen MR) is 125 cm³/mol. The molecule has 0 spiro atoms. The van der Waals surface area contributed by atoms with Crippen LogP contribution in [0.25, 0.3) is 0 Å². The molecule has 0 amide bonds. The molecular weight excluding hydrogens is 512 g/mol. The van der Waals surface area contributed by atoms with Crippen molar-refractivity contribution < 1.29 is 31.3 Å². The van der Waals surface area contributed by atoms with E-state index in [2.05, 4.69) is 20.9 Å². The van der Waals surface area contributed by atoms with Crippen LogP contribution in [-0.2, 0) is 12.4 Å². The molecule has 0 radical (unpaired) electrons. The molecule has 0 saturated carbocycles. The Balaban J connectivity index is 1.80. The molecule has 0 saturated heterocycles. The number of anilines is 2. The van der Waals surface area contributed by atoms with Crippen LogP contribution in [0.1, 0.15) is 16.7 Å². The zero-order valence-electron chi connectivity index (χ0n) is 18.1. The van der Waals surface area contributed by atoms with Crippen LogP contribution in [0, 0.1) is 17.0 Å². The van der Waals surface area contributed by atoms with Crippen molar-refractivity contribution in [3.8, 4) is 0 Å². The van der Waals surface area contributed by atoms with Crippen LogP contribution in [0.4, 0.5) is 54.8 Å². The van der Waals surface area contributed by atoms with E-state index in [4.69, 9.17) is 12.2 Å². The lowest BCUT2D eigenvalue weighted by atomic mass is 10.1. The van der Waals surface area contributed by atoms with Gasteiger partial charge in [0.15, 0.2) is 5.11 Å². The predicted octanol–water partition coefficient (Wildman–Crippen LogP) is 8.17. The summed E-state index contributed by atoms with van der Waals surface area (Å²) in [6, 6.07) is 11.2. The van der Waals surface area contributed by atoms with E-state index in [1.807, 2.05) is 0 Å². The first-order chi connectivity index (χ1) is 16.7. The van der Waals surface area contributed by atoms with Crippen molar-refractivity contribution in [2.45, 2.75) is 19.3 Å². The molecule has 3 aromatic carbocycles. The molecule has 36 heavy (non-hydrogen) atoms. The van der Waals surface area contributed by atoms with Crippen LogP contribution in [0.15, 0.2) is 70.9 Å². The van der Waals surface area contributed by atoms with Gasteiger partial charge in [0.2, 0.25) is 0 Å². The van der Waals surface area contributed by atoms with E-state index in [0.717, 1.165) is 0 Å². The van der Waals surface area contributed by atoms with E-state index in [1.54, 1.807) is 19.1 Å². The summed E-state index contributed by atoms with van der Waals surface area (Å²) in [6.07, 6.45) is -9.99. The molecule has 0 aliphatic heterocycles. The zero-order chi connectivity index (χ0) is 26.7. The number of rotatable bonds is 5. The number of aryl methyl sites for hydroxylation is 1. The minimum Gasteiger partial charge on any atom is -0.332 e. The van der Waals surface area contributed by atoms with Crippen LogP contribution < -0.4 is 10.6 Å². The molecule has 0 aliphatic carbocycles. The molecule has 188 valence electrons. The van der Waals surface area contributed by atoms with Crippen LogP contribution in [0.3, 0.4) is 0 Å². The molecule has 0 heterocycles. The van der Waals surface area contributed by atoms with Crippen molar-refractivity contribution in [2.24, 2.45) is 10.2 Å². The van der Waals surface area contributed by atoms with Gasteiger partial charge in [-0.2, -0.15) is 36.6 Å². The number of nitrogens with one attached hydrogen (secondary N) is 2. The number of nitro benzene ring substituents is 1. The number of alkyl halides is 6. The lowest BCUT2D eigenvalue weighted by Crippen LogP contribution is -2.20. The number of benzene rings is 3. The highest BCUT2D eigenvalue weighted by molar-refractivity contribution is 7.80. The maximum atomic E-state index is 13.1. The van der Waals surface area contributed by atoms with Crippen molar-refractivity contribution in [3.05, 3.63) is 87.5 Å². The average molecular weight is 527 g/mol. The first-order valence-corrected chi connectivity index (χ1v) is 10.3. The second-order valence-corrected chi connectivity index (χ2v) is 7.76. The number of hydrogen-bond donors (Lipinski definition) is 2. The van der Waals surface area contributed by atoms with Gasteiger partial charge in [-0.3, -0.25) is 10.1 Å². The number of nitro groups is 1. The van der Waals surface area contributed by atoms with Crippen molar-refractivity contribution in [1.29, 1.82) is 0 Å². The van der Waals surface area contributed by atoms with E-state index < -0.39 is 34.1 Å². The van der Waals surface area contributed by atoms with E-state index >= 15 is 0 Å². The summed E-state index contributed by atoms with van der Waals surface area (Å²) in [5.41, 5.74) is -2.10. The quantitative estimate of drug-likeness (QED) is 0.115. The second-order valence-electron chi connectivity index (χ2n) is 7.35. The molecule has 14 heteroatoms. The molecule has 0 unspecified atom stereocenters. The summed E-state index contributed by atoms with van der Waals surface area (Å²) in [5.74, 6) is 0. The van der Waals surface area contributed by atoms with Crippen LogP contribution in [0.2, 0.25) is 0 Å². The van der Waals surface area contributed by atoms with Crippen molar-refractivity contribution in [2.75, 3.05) is 10.6 Å². The summed E-state index contributed by atoms with van der Waals surface area (Å²) >= 11 is 5.04. The third-order valence-corrected chi connectivity index (χ3v) is 4.83. The fraction of sp³-hybridized carbons (Fsp3) is 0.136. The Bertz CT molecular complexity index is 1310. The van der Waals surface area contributed by atoms with Gasteiger partial charge in [-0.25, -0.2) is 0 Å². The molecular formula is C22H15F6N5O2S. The number of hydrogen-bond acceptors (Lipinski definition) is 5. The molecule has 0 fully saturated rings. The Morgan fingerprint density at radius 2 is 1.47 bits per heavy atom. The monoisotopic (exact) mass is 527 g/mol. The first kappa shape index (κ1) is 26.5. The van der Waals surface area contributed by atoms with Crippen molar-refractivity contribution in [1.82, 2.24) is 0 Å². The van der Waals surface area contributed by atoms with Crippen molar-refractivity contribution in [3.63, 3.8) is 0 Å². The summed E-state index contributed by atoms with van der Waals surface area (Å²) in [7, 11) is 0. The van der Waals surface area contributed by atoms with E-state index in [9.17, 15) is 36.5 Å². The van der Waals surface area contributed by atoms with Gasteiger partial charge in [-0.15, -0.1) is 0 Å². The van der Waals surface area contributed by atoms with Gasteiger partial charge in [-0.05, 0) is 61.1 Å². The van der Waals surface area contributed by atoms with Crippen LogP contribution in [-0.4, -0.2) is 10.0 Å². The SMILES string of the molecule is Cc1ccc(NC(=S)Nc2cc(C(F)(F)F)cc(C(F)(F)F)c2)cc1N=Nc1cccc([N+](=O)[O-])c1. The average Bonchev–Trinajstić information content (AvgIpc) is 2.78. The fourth-order valence-electron chi connectivity index (χ4n) is 2.90. The van der Waals surface area contributed by atoms with Crippen LogP contribution in [0.5, 0.6) is 0 Å². The highest BCUT2D eigenvalue weighted by Gasteiger charge is 2.37. The lowest BCUT2D eigenvalue weighted by molar-refractivity contribution is -0.384. The lowest BCUT2D eigenvalue weighted by Gasteiger charge is -2.16. The molecule has 7 nitrogen and oxygen atoms in total. The topological polar surface area (TPSA) is 91.9 Å². The molecule has 0 aromatic heterocycles. The van der Waals surface area contributed by atoms with Crippen molar-refractivity contribution >= 4 is 45.8 Å². The Morgan fingerprint density at radius 1 is 0.861 bits per heavy atom. The van der Waals surface area contributed by atoms with Gasteiger partial charge in [0, 0.05) is 23.5 Å². The van der Waals surface area contributed by atoms with E-state index in [1.165, 1.54) is 30.3 Å². The largest absolute Gasteiger partial charge is 0.416 e. The Kier molecular flexibility index (Phi) is 7.57. The minimum absolute atomic E-state index is 0.0141. The summed E-state index contributed by atoms with van der Waals surface area (Å²) < 4.78 is 78.4. The molecule has 0 atom stereocenters. The van der Waals surface area contributed by atoms with Gasteiger partial charge in [-0.1, -0.05) is 12.1 Å². The second kappa shape index (κ2) is 10.3. The van der Waals surface area contributed by atoms with Gasteiger partial charge >= 0.3 is 12.4 Å². The Morgan fingerprint density at radius 3 is 2.06 bits per heavy atom. The Hall–Kier alpha value is -4.07. The third-order valence-electron chi connectivity index (χ3n) is 4.63. The highest BCUT2D eigenvalue weighted by atomic mass is 32.1. The van der Waals surface area contributed by atoms with Crippen LogP contribution >= 0.6 is 12.2 Å². The first-order valence-electron chi connectivity index (χ1n) is 9.87. The van der Waals surface area contributed by atoms with Gasteiger partial charge in [0.05, 0.1) is 27.4 Å². The minimum atomic E-state index is -5.00. The maximum absolute atomic E-state index is 13.1. The standard InChI is InChI=1S/C22H15F6N5O2S/c1-12-5-6-15(11-19(12)32-31-16-3-2-4-18(10-16)33(34)35)29-20(36)30-17-8-13(21(23,24)25)7-14(9-17)22(26,27)28/h2-11H,1H3,(H2,29,30,36). The van der Waals surface area contributed by atoms with Gasteiger partial charge < -0.3 is 10.6 Å². The number of azo groups is 1. The fourth-order valence-corrected chi connectivity index (χ4v) is 3.13. The molecule has 0 aliphatic rings. The highest BCUT2D eigenvalue weighted by Crippen LogP contribution is 2.37. The molecule has 2 N–H and O–H groups in total.